The lowest BCUT2D eigenvalue weighted by Gasteiger charge is -2.34. The average molecular weight is 430 g/mol. The quantitative estimate of drug-likeness (QED) is 0.748. The Hall–Kier alpha value is -2.50. The third-order valence-electron chi connectivity index (χ3n) is 4.92. The number of benzene rings is 2. The standard InChI is InChI=1S/C18H17F3N2O5S/c19-12-1-2-16(18(21)17(12)20)29(25,26)23-5-3-22(4-6-23)9-11-7-14-15(8-13(11)24)28-10-27-14/h1-2,7-8,24H,3-6,9-10H2. The molecule has 0 unspecified atom stereocenters. The highest BCUT2D eigenvalue weighted by molar-refractivity contribution is 7.89. The molecule has 2 aromatic rings. The van der Waals surface area contributed by atoms with E-state index in [4.69, 9.17) is 9.47 Å². The molecule has 1 fully saturated rings. The van der Waals surface area contributed by atoms with E-state index in [2.05, 4.69) is 0 Å². The maximum atomic E-state index is 13.9. The van der Waals surface area contributed by atoms with Crippen LogP contribution >= 0.6 is 0 Å². The summed E-state index contributed by atoms with van der Waals surface area (Å²) in [5, 5.41) is 10.1. The molecule has 0 spiro atoms. The fourth-order valence-corrected chi connectivity index (χ4v) is 4.79. The zero-order valence-corrected chi connectivity index (χ0v) is 15.9. The van der Waals surface area contributed by atoms with E-state index in [9.17, 15) is 26.7 Å². The van der Waals surface area contributed by atoms with Gasteiger partial charge in [-0.2, -0.15) is 4.31 Å². The molecule has 0 saturated carbocycles. The molecule has 0 aromatic heterocycles. The maximum absolute atomic E-state index is 13.9. The van der Waals surface area contributed by atoms with Gasteiger partial charge < -0.3 is 14.6 Å². The SMILES string of the molecule is O=S(=O)(c1ccc(F)c(F)c1F)N1CCN(Cc2cc3c(cc2O)OCO3)CC1. The second-order valence-electron chi connectivity index (χ2n) is 6.69. The van der Waals surface area contributed by atoms with Gasteiger partial charge in [0.05, 0.1) is 0 Å². The molecule has 0 radical (unpaired) electrons. The summed E-state index contributed by atoms with van der Waals surface area (Å²) in [6.45, 7) is 1.10. The number of rotatable bonds is 4. The monoisotopic (exact) mass is 430 g/mol. The molecule has 1 N–H and O–H groups in total. The molecule has 2 aliphatic heterocycles. The number of hydrogen-bond acceptors (Lipinski definition) is 6. The Bertz CT molecular complexity index is 1060. The van der Waals surface area contributed by atoms with Crippen molar-refractivity contribution in [3.8, 4) is 17.2 Å². The number of piperazine rings is 1. The van der Waals surface area contributed by atoms with Gasteiger partial charge in [-0.1, -0.05) is 0 Å². The lowest BCUT2D eigenvalue weighted by molar-refractivity contribution is 0.173. The van der Waals surface area contributed by atoms with Gasteiger partial charge in [0.15, 0.2) is 29.0 Å². The number of nitrogens with zero attached hydrogens (tertiary/aromatic N) is 2. The van der Waals surface area contributed by atoms with Crippen molar-refractivity contribution < 1.29 is 36.2 Å². The topological polar surface area (TPSA) is 79.3 Å². The van der Waals surface area contributed by atoms with Crippen LogP contribution in [-0.4, -0.2) is 55.7 Å². The van der Waals surface area contributed by atoms with Crippen LogP contribution in [-0.2, 0) is 16.6 Å². The molecule has 0 bridgehead atoms. The Morgan fingerprint density at radius 2 is 1.62 bits per heavy atom. The minimum absolute atomic E-state index is 0.0338. The van der Waals surface area contributed by atoms with Crippen molar-refractivity contribution >= 4 is 10.0 Å². The van der Waals surface area contributed by atoms with E-state index in [-0.39, 0.29) is 25.6 Å². The minimum Gasteiger partial charge on any atom is -0.507 e. The lowest BCUT2D eigenvalue weighted by Crippen LogP contribution is -2.48. The third kappa shape index (κ3) is 3.61. The van der Waals surface area contributed by atoms with Gasteiger partial charge >= 0.3 is 0 Å². The lowest BCUT2D eigenvalue weighted by atomic mass is 10.1. The maximum Gasteiger partial charge on any atom is 0.246 e. The molecule has 2 aliphatic rings. The number of fused-ring (bicyclic) bond motifs is 1. The van der Waals surface area contributed by atoms with Crippen LogP contribution in [0.5, 0.6) is 17.2 Å². The summed E-state index contributed by atoms with van der Waals surface area (Å²) in [7, 11) is -4.31. The number of hydrogen-bond donors (Lipinski definition) is 1. The first-order valence-electron chi connectivity index (χ1n) is 8.75. The van der Waals surface area contributed by atoms with Crippen molar-refractivity contribution in [2.75, 3.05) is 33.0 Å². The van der Waals surface area contributed by atoms with E-state index in [0.29, 0.717) is 42.8 Å². The Kier molecular flexibility index (Phi) is 5.05. The van der Waals surface area contributed by atoms with Crippen molar-refractivity contribution in [2.24, 2.45) is 0 Å². The molecule has 7 nitrogen and oxygen atoms in total. The second kappa shape index (κ2) is 7.39. The van der Waals surface area contributed by atoms with Crippen molar-refractivity contribution in [3.05, 3.63) is 47.3 Å². The van der Waals surface area contributed by atoms with E-state index in [1.807, 2.05) is 4.90 Å². The van der Waals surface area contributed by atoms with E-state index in [0.717, 1.165) is 10.4 Å². The van der Waals surface area contributed by atoms with E-state index in [1.165, 1.54) is 6.07 Å². The number of phenolic OH excluding ortho intramolecular Hbond substituents is 1. The molecule has 156 valence electrons. The molecular weight excluding hydrogens is 413 g/mol. The van der Waals surface area contributed by atoms with E-state index < -0.39 is 32.4 Å². The van der Waals surface area contributed by atoms with Crippen LogP contribution in [0.2, 0.25) is 0 Å². The largest absolute Gasteiger partial charge is 0.507 e. The number of halogens is 3. The second-order valence-corrected chi connectivity index (χ2v) is 8.59. The van der Waals surface area contributed by atoms with Crippen LogP contribution in [0.1, 0.15) is 5.56 Å². The summed E-state index contributed by atoms with van der Waals surface area (Å²) in [4.78, 5) is 1.02. The molecule has 0 amide bonds. The summed E-state index contributed by atoms with van der Waals surface area (Å²) < 4.78 is 77.3. The highest BCUT2D eigenvalue weighted by atomic mass is 32.2. The number of phenols is 1. The van der Waals surface area contributed by atoms with Gasteiger partial charge in [0.25, 0.3) is 0 Å². The Balaban J connectivity index is 1.45. The molecular formula is C18H17F3N2O5S. The van der Waals surface area contributed by atoms with Crippen LogP contribution in [0.4, 0.5) is 13.2 Å². The van der Waals surface area contributed by atoms with Crippen LogP contribution in [0.15, 0.2) is 29.2 Å². The van der Waals surface area contributed by atoms with Gasteiger partial charge in [0.1, 0.15) is 10.6 Å². The molecule has 0 atom stereocenters. The predicted molar refractivity (Wildman–Crippen MR) is 94.6 cm³/mol. The molecule has 4 rings (SSSR count). The average Bonchev–Trinajstić information content (AvgIpc) is 3.13. The van der Waals surface area contributed by atoms with Gasteiger partial charge in [0, 0.05) is 44.4 Å². The van der Waals surface area contributed by atoms with Crippen LogP contribution in [0.3, 0.4) is 0 Å². The Labute approximate surface area is 164 Å². The fraction of sp³-hybridized carbons (Fsp3) is 0.333. The Morgan fingerprint density at radius 1 is 0.966 bits per heavy atom. The van der Waals surface area contributed by atoms with Crippen molar-refractivity contribution in [2.45, 2.75) is 11.4 Å². The third-order valence-corrected chi connectivity index (χ3v) is 6.83. The molecule has 1 saturated heterocycles. The minimum atomic E-state index is -4.31. The number of aromatic hydroxyl groups is 1. The van der Waals surface area contributed by atoms with Gasteiger partial charge in [-0.15, -0.1) is 0 Å². The summed E-state index contributed by atoms with van der Waals surface area (Å²) in [5.41, 5.74) is 0.595. The van der Waals surface area contributed by atoms with E-state index >= 15 is 0 Å². The normalized spacial score (nSPS) is 17.6. The molecule has 11 heteroatoms. The summed E-state index contributed by atoms with van der Waals surface area (Å²) in [6.07, 6.45) is 0. The number of ether oxygens (including phenoxy) is 2. The van der Waals surface area contributed by atoms with Gasteiger partial charge in [0.2, 0.25) is 16.8 Å². The van der Waals surface area contributed by atoms with Gasteiger partial charge in [-0.05, 0) is 18.2 Å². The van der Waals surface area contributed by atoms with Crippen LogP contribution < -0.4 is 9.47 Å². The van der Waals surface area contributed by atoms with Crippen LogP contribution in [0, 0.1) is 17.5 Å². The molecule has 0 aliphatic carbocycles. The zero-order chi connectivity index (χ0) is 20.8. The Morgan fingerprint density at radius 3 is 2.31 bits per heavy atom. The smallest absolute Gasteiger partial charge is 0.246 e. The summed E-state index contributed by atoms with van der Waals surface area (Å²) in [6, 6.07) is 4.44. The van der Waals surface area contributed by atoms with E-state index in [1.54, 1.807) is 6.07 Å². The van der Waals surface area contributed by atoms with Crippen molar-refractivity contribution in [1.82, 2.24) is 9.21 Å². The first-order valence-corrected chi connectivity index (χ1v) is 10.2. The van der Waals surface area contributed by atoms with Gasteiger partial charge in [-0.25, -0.2) is 21.6 Å². The molecule has 2 heterocycles. The fourth-order valence-electron chi connectivity index (χ4n) is 3.32. The van der Waals surface area contributed by atoms with Crippen LogP contribution in [0.25, 0.3) is 0 Å². The summed E-state index contributed by atoms with van der Waals surface area (Å²) in [5.74, 6) is -3.98. The zero-order valence-electron chi connectivity index (χ0n) is 15.1. The highest BCUT2D eigenvalue weighted by Gasteiger charge is 2.32. The highest BCUT2D eigenvalue weighted by Crippen LogP contribution is 2.38. The van der Waals surface area contributed by atoms with Gasteiger partial charge in [-0.3, -0.25) is 4.90 Å². The first kappa shape index (κ1) is 19.8. The van der Waals surface area contributed by atoms with Crippen molar-refractivity contribution in [3.63, 3.8) is 0 Å². The first-order chi connectivity index (χ1) is 13.8. The molecule has 2 aromatic carbocycles. The molecule has 29 heavy (non-hydrogen) atoms. The summed E-state index contributed by atoms with van der Waals surface area (Å²) >= 11 is 0. The van der Waals surface area contributed by atoms with Crippen molar-refractivity contribution in [1.29, 1.82) is 0 Å². The predicted octanol–water partition coefficient (Wildman–Crippen LogP) is 2.04. The number of sulfonamides is 1.